The van der Waals surface area contributed by atoms with Crippen LogP contribution in [0.2, 0.25) is 0 Å². The Kier molecular flexibility index (Phi) is 13.2. The fourth-order valence-electron chi connectivity index (χ4n) is 5.62. The number of carbonyl (C=O) groups excluding carboxylic acids is 1. The molecule has 0 saturated carbocycles. The van der Waals surface area contributed by atoms with Crippen molar-refractivity contribution in [1.29, 1.82) is 0 Å². The minimum absolute atomic E-state index is 0.0136. The number of anilines is 2. The van der Waals surface area contributed by atoms with E-state index in [1.165, 1.54) is 0 Å². The van der Waals surface area contributed by atoms with Crippen molar-refractivity contribution in [3.63, 3.8) is 0 Å². The summed E-state index contributed by atoms with van der Waals surface area (Å²) < 4.78 is 35.1. The molecule has 1 heterocycles. The number of hydrogen-bond acceptors (Lipinski definition) is 9. The molecule has 2 atom stereocenters. The molecule has 47 heavy (non-hydrogen) atoms. The molecule has 0 aliphatic carbocycles. The SMILES string of the molecule is CCNc1cc(C(=O)NC(Cc2ccccc2)C(O)CNCc2cc(OC(C)C)cc(OC(C)C)c2)cc(N2CCCCS2(O)O)c1. The number of ether oxygens (including phenoxy) is 2. The van der Waals surface area contributed by atoms with Crippen LogP contribution in [0, 0.1) is 0 Å². The molecule has 1 aliphatic heterocycles. The summed E-state index contributed by atoms with van der Waals surface area (Å²) in [5.74, 6) is 1.39. The van der Waals surface area contributed by atoms with Gasteiger partial charge in [-0.1, -0.05) is 30.3 Å². The van der Waals surface area contributed by atoms with Gasteiger partial charge in [0.2, 0.25) is 0 Å². The van der Waals surface area contributed by atoms with E-state index in [0.717, 1.165) is 35.5 Å². The fourth-order valence-corrected chi connectivity index (χ4v) is 7.30. The third-order valence-electron chi connectivity index (χ3n) is 7.68. The van der Waals surface area contributed by atoms with Crippen LogP contribution in [0.1, 0.15) is 68.9 Å². The fraction of sp³-hybridized carbons (Fsp3) is 0.472. The lowest BCUT2D eigenvalue weighted by molar-refractivity contribution is 0.0830. The average Bonchev–Trinajstić information content (AvgIpc) is 3.00. The maximum absolute atomic E-state index is 13.8. The number of aliphatic hydroxyl groups is 1. The lowest BCUT2D eigenvalue weighted by Gasteiger charge is -2.47. The molecule has 1 aliphatic rings. The van der Waals surface area contributed by atoms with Crippen LogP contribution in [0.15, 0.2) is 66.7 Å². The number of nitrogens with zero attached hydrogens (tertiary/aromatic N) is 1. The molecular formula is C36H52N4O6S. The van der Waals surface area contributed by atoms with Gasteiger partial charge in [-0.25, -0.2) is 0 Å². The normalized spacial score (nSPS) is 16.4. The highest BCUT2D eigenvalue weighted by atomic mass is 32.3. The van der Waals surface area contributed by atoms with Crippen LogP contribution >= 0.6 is 10.8 Å². The van der Waals surface area contributed by atoms with Crippen LogP contribution in [0.5, 0.6) is 11.5 Å². The minimum Gasteiger partial charge on any atom is -0.491 e. The van der Waals surface area contributed by atoms with E-state index < -0.39 is 22.9 Å². The molecule has 3 aromatic rings. The zero-order chi connectivity index (χ0) is 34.0. The minimum atomic E-state index is -2.97. The predicted molar refractivity (Wildman–Crippen MR) is 192 cm³/mol. The molecule has 10 nitrogen and oxygen atoms in total. The molecule has 1 fully saturated rings. The monoisotopic (exact) mass is 668 g/mol. The molecule has 0 bridgehead atoms. The van der Waals surface area contributed by atoms with E-state index >= 15 is 0 Å². The Morgan fingerprint density at radius 1 is 0.915 bits per heavy atom. The molecule has 4 rings (SSSR count). The summed E-state index contributed by atoms with van der Waals surface area (Å²) in [4.78, 5) is 13.8. The molecule has 0 radical (unpaired) electrons. The van der Waals surface area contributed by atoms with Crippen molar-refractivity contribution < 1.29 is 28.5 Å². The van der Waals surface area contributed by atoms with Crippen LogP contribution in [0.3, 0.4) is 0 Å². The second-order valence-electron chi connectivity index (χ2n) is 12.6. The second kappa shape index (κ2) is 17.1. The highest BCUT2D eigenvalue weighted by molar-refractivity contribution is 8.25. The van der Waals surface area contributed by atoms with Gasteiger partial charge in [-0.2, -0.15) is 0 Å². The number of nitrogens with one attached hydrogen (secondary N) is 3. The summed E-state index contributed by atoms with van der Waals surface area (Å²) >= 11 is 0. The lowest BCUT2D eigenvalue weighted by atomic mass is 10.00. The Bertz CT molecular complexity index is 1410. The molecule has 3 aromatic carbocycles. The molecule has 6 N–H and O–H groups in total. The Labute approximate surface area is 281 Å². The van der Waals surface area contributed by atoms with Crippen molar-refractivity contribution >= 4 is 28.1 Å². The molecule has 0 aromatic heterocycles. The van der Waals surface area contributed by atoms with Gasteiger partial charge < -0.3 is 30.5 Å². The first-order valence-electron chi connectivity index (χ1n) is 16.6. The maximum Gasteiger partial charge on any atom is 0.251 e. The predicted octanol–water partition coefficient (Wildman–Crippen LogP) is 6.45. The quantitative estimate of drug-likeness (QED) is 0.102. The van der Waals surface area contributed by atoms with E-state index in [4.69, 9.17) is 9.47 Å². The molecule has 1 amide bonds. The van der Waals surface area contributed by atoms with Crippen molar-refractivity contribution in [2.75, 3.05) is 35.0 Å². The molecular weight excluding hydrogens is 616 g/mol. The van der Waals surface area contributed by atoms with Crippen LogP contribution in [0.4, 0.5) is 11.4 Å². The van der Waals surface area contributed by atoms with Gasteiger partial charge in [0.1, 0.15) is 11.5 Å². The van der Waals surface area contributed by atoms with Gasteiger partial charge in [0, 0.05) is 43.5 Å². The van der Waals surface area contributed by atoms with Gasteiger partial charge in [0.25, 0.3) is 5.91 Å². The van der Waals surface area contributed by atoms with E-state index in [1.54, 1.807) is 16.4 Å². The zero-order valence-corrected chi connectivity index (χ0v) is 29.1. The highest BCUT2D eigenvalue weighted by Crippen LogP contribution is 2.50. The summed E-state index contributed by atoms with van der Waals surface area (Å²) in [7, 11) is -2.97. The summed E-state index contributed by atoms with van der Waals surface area (Å²) in [6.07, 6.45) is 1.12. The van der Waals surface area contributed by atoms with Crippen molar-refractivity contribution in [2.45, 2.75) is 84.8 Å². The zero-order valence-electron chi connectivity index (χ0n) is 28.2. The third kappa shape index (κ3) is 11.0. The largest absolute Gasteiger partial charge is 0.491 e. The van der Waals surface area contributed by atoms with Gasteiger partial charge in [-0.05, 0) is 95.3 Å². The Morgan fingerprint density at radius 2 is 1.60 bits per heavy atom. The summed E-state index contributed by atoms with van der Waals surface area (Å²) in [6.45, 7) is 11.7. The number of carbonyl (C=O) groups is 1. The van der Waals surface area contributed by atoms with Gasteiger partial charge >= 0.3 is 0 Å². The Morgan fingerprint density at radius 3 is 2.21 bits per heavy atom. The van der Waals surface area contributed by atoms with Crippen LogP contribution in [0.25, 0.3) is 0 Å². The number of amides is 1. The third-order valence-corrected chi connectivity index (χ3v) is 9.61. The standard InChI is InChI=1S/C36H52N4O6S/c1-6-38-30-19-29(20-31(21-30)40-14-10-11-15-47(40,43)44)36(42)39-34(18-27-12-8-7-9-13-27)35(41)24-37-23-28-16-32(45-25(2)3)22-33(17-28)46-26(4)5/h7-9,12-13,16-17,19-22,25-26,34-35,37-38,41,43-44H,6,10-11,14-15,18,23-24H2,1-5H3,(H,39,42). The molecule has 2 unspecified atom stereocenters. The van der Waals surface area contributed by atoms with Crippen molar-refractivity contribution in [1.82, 2.24) is 10.6 Å². The first-order chi connectivity index (χ1) is 22.4. The van der Waals surface area contributed by atoms with Crippen LogP contribution in [-0.4, -0.2) is 69.9 Å². The van der Waals surface area contributed by atoms with Gasteiger partial charge in [0.15, 0.2) is 0 Å². The van der Waals surface area contributed by atoms with Crippen LogP contribution < -0.4 is 29.7 Å². The summed E-state index contributed by atoms with van der Waals surface area (Å²) in [5, 5.41) is 21.1. The average molecular weight is 669 g/mol. The van der Waals surface area contributed by atoms with Crippen molar-refractivity contribution in [3.05, 3.63) is 83.4 Å². The second-order valence-corrected chi connectivity index (χ2v) is 14.7. The molecule has 1 saturated heterocycles. The number of aliphatic hydroxyl groups excluding tert-OH is 1. The smallest absolute Gasteiger partial charge is 0.251 e. The van der Waals surface area contributed by atoms with Crippen LogP contribution in [-0.2, 0) is 13.0 Å². The number of hydrogen-bond donors (Lipinski definition) is 6. The van der Waals surface area contributed by atoms with E-state index in [0.29, 0.717) is 48.7 Å². The first kappa shape index (κ1) is 36.4. The van der Waals surface area contributed by atoms with E-state index in [1.807, 2.05) is 89.2 Å². The molecule has 0 spiro atoms. The summed E-state index contributed by atoms with van der Waals surface area (Å²) in [5.41, 5.74) is 3.60. The number of benzene rings is 3. The lowest BCUT2D eigenvalue weighted by Crippen LogP contribution is -2.48. The van der Waals surface area contributed by atoms with E-state index in [9.17, 15) is 19.0 Å². The Hall–Kier alpha value is -3.48. The van der Waals surface area contributed by atoms with E-state index in [2.05, 4.69) is 16.0 Å². The molecule has 11 heteroatoms. The van der Waals surface area contributed by atoms with E-state index in [-0.39, 0.29) is 24.7 Å². The van der Waals surface area contributed by atoms with Crippen molar-refractivity contribution in [3.8, 4) is 11.5 Å². The summed E-state index contributed by atoms with van der Waals surface area (Å²) in [6, 6.07) is 20.3. The Balaban J connectivity index is 1.52. The molecule has 258 valence electrons. The highest BCUT2D eigenvalue weighted by Gasteiger charge is 2.29. The van der Waals surface area contributed by atoms with Crippen molar-refractivity contribution in [2.24, 2.45) is 0 Å². The van der Waals surface area contributed by atoms with Gasteiger partial charge in [-0.15, -0.1) is 10.8 Å². The first-order valence-corrected chi connectivity index (χ1v) is 18.2. The maximum atomic E-state index is 13.8. The van der Waals surface area contributed by atoms with Gasteiger partial charge in [-0.3, -0.25) is 18.2 Å². The van der Waals surface area contributed by atoms with Gasteiger partial charge in [0.05, 0.1) is 35.8 Å². The number of rotatable bonds is 16. The topological polar surface area (TPSA) is 136 Å².